The van der Waals surface area contributed by atoms with E-state index < -0.39 is 34.1 Å². The van der Waals surface area contributed by atoms with E-state index in [0.717, 1.165) is 60.0 Å². The highest BCUT2D eigenvalue weighted by atomic mass is 32.2. The van der Waals surface area contributed by atoms with Crippen LogP contribution in [0.25, 0.3) is 0 Å². The molecule has 2 amide bonds. The molecule has 0 atom stereocenters. The summed E-state index contributed by atoms with van der Waals surface area (Å²) in [6, 6.07) is 15.3. The number of hydrogen-bond donors (Lipinski definition) is 1. The third-order valence-corrected chi connectivity index (χ3v) is 7.67. The second-order valence-electron chi connectivity index (χ2n) is 8.39. The Bertz CT molecular complexity index is 1340. The lowest BCUT2D eigenvalue weighted by Crippen LogP contribution is -2.39. The number of halogens is 2. The summed E-state index contributed by atoms with van der Waals surface area (Å²) in [7, 11) is -4.31. The lowest BCUT2D eigenvalue weighted by Gasteiger charge is -2.28. The van der Waals surface area contributed by atoms with Gasteiger partial charge in [-0.05, 0) is 79.9 Å². The first kappa shape index (κ1) is 25.3. The van der Waals surface area contributed by atoms with Crippen molar-refractivity contribution in [3.63, 3.8) is 0 Å². The number of nitrogens with zero attached hydrogens (tertiary/aromatic N) is 2. The molecular formula is C26H25F2N3O4S. The van der Waals surface area contributed by atoms with Crippen LogP contribution in [0, 0.1) is 11.6 Å². The van der Waals surface area contributed by atoms with E-state index in [1.54, 1.807) is 29.2 Å². The van der Waals surface area contributed by atoms with Gasteiger partial charge in [-0.25, -0.2) is 17.2 Å². The van der Waals surface area contributed by atoms with Gasteiger partial charge in [0.2, 0.25) is 5.91 Å². The Hall–Kier alpha value is -3.79. The highest BCUT2D eigenvalue weighted by Crippen LogP contribution is 2.25. The van der Waals surface area contributed by atoms with Crippen LogP contribution < -0.4 is 9.62 Å². The third kappa shape index (κ3) is 5.71. The lowest BCUT2D eigenvalue weighted by atomic mass is 10.1. The quantitative estimate of drug-likeness (QED) is 0.507. The number of sulfonamides is 1. The van der Waals surface area contributed by atoms with Crippen molar-refractivity contribution in [1.82, 2.24) is 4.90 Å². The van der Waals surface area contributed by atoms with Crippen LogP contribution >= 0.6 is 0 Å². The number of nitrogens with one attached hydrogen (secondary N) is 1. The van der Waals surface area contributed by atoms with E-state index in [9.17, 15) is 26.8 Å². The fourth-order valence-electron chi connectivity index (χ4n) is 4.02. The SMILES string of the molecule is O=C(CN(c1ccc(F)cc1)S(=O)(=O)c1ccc(F)cc1)Nc1ccccc1C(=O)N1CCCCC1. The molecule has 1 aliphatic rings. The zero-order chi connectivity index (χ0) is 25.7. The van der Waals surface area contributed by atoms with E-state index in [0.29, 0.717) is 18.7 Å². The summed E-state index contributed by atoms with van der Waals surface area (Å²) in [6.45, 7) is 0.613. The van der Waals surface area contributed by atoms with Gasteiger partial charge in [-0.3, -0.25) is 13.9 Å². The predicted molar refractivity (Wildman–Crippen MR) is 132 cm³/mol. The molecular weight excluding hydrogens is 488 g/mol. The molecule has 0 spiro atoms. The minimum atomic E-state index is -4.31. The van der Waals surface area contributed by atoms with Crippen LogP contribution in [0.4, 0.5) is 20.2 Å². The summed E-state index contributed by atoms with van der Waals surface area (Å²) in [6.07, 6.45) is 2.88. The molecule has 1 aliphatic heterocycles. The topological polar surface area (TPSA) is 86.8 Å². The number of rotatable bonds is 7. The van der Waals surface area contributed by atoms with Crippen LogP contribution in [0.3, 0.4) is 0 Å². The molecule has 0 saturated carbocycles. The average Bonchev–Trinajstić information content (AvgIpc) is 2.88. The minimum Gasteiger partial charge on any atom is -0.339 e. The molecule has 0 unspecified atom stereocenters. The molecule has 10 heteroatoms. The molecule has 0 bridgehead atoms. The van der Waals surface area contributed by atoms with Crippen molar-refractivity contribution in [2.45, 2.75) is 24.2 Å². The van der Waals surface area contributed by atoms with Crippen LogP contribution in [0.5, 0.6) is 0 Å². The van der Waals surface area contributed by atoms with Gasteiger partial charge in [-0.1, -0.05) is 12.1 Å². The smallest absolute Gasteiger partial charge is 0.264 e. The summed E-state index contributed by atoms with van der Waals surface area (Å²) in [5.74, 6) is -2.11. The zero-order valence-electron chi connectivity index (χ0n) is 19.4. The van der Waals surface area contributed by atoms with Crippen LogP contribution in [0.1, 0.15) is 29.6 Å². The molecule has 4 rings (SSSR count). The van der Waals surface area contributed by atoms with Crippen molar-refractivity contribution in [2.24, 2.45) is 0 Å². The van der Waals surface area contributed by atoms with Gasteiger partial charge < -0.3 is 10.2 Å². The minimum absolute atomic E-state index is 0.0496. The molecule has 3 aromatic carbocycles. The Balaban J connectivity index is 1.61. The molecule has 7 nitrogen and oxygen atoms in total. The normalized spacial score (nSPS) is 13.8. The molecule has 36 heavy (non-hydrogen) atoms. The van der Waals surface area contributed by atoms with Gasteiger partial charge in [0.1, 0.15) is 18.2 Å². The number of carbonyl (C=O) groups excluding carboxylic acids is 2. The Labute approximate surface area is 208 Å². The second kappa shape index (κ2) is 10.9. The Morgan fingerprint density at radius 2 is 1.42 bits per heavy atom. The fraction of sp³-hybridized carbons (Fsp3) is 0.231. The van der Waals surface area contributed by atoms with Crippen LogP contribution in [0.2, 0.25) is 0 Å². The number of benzene rings is 3. The maximum Gasteiger partial charge on any atom is 0.264 e. The lowest BCUT2D eigenvalue weighted by molar-refractivity contribution is -0.114. The summed E-state index contributed by atoms with van der Waals surface area (Å²) >= 11 is 0. The fourth-order valence-corrected chi connectivity index (χ4v) is 5.44. The van der Waals surface area contributed by atoms with E-state index in [2.05, 4.69) is 5.32 Å². The van der Waals surface area contributed by atoms with Gasteiger partial charge in [0, 0.05) is 13.1 Å². The number of anilines is 2. The van der Waals surface area contributed by atoms with E-state index in [1.165, 1.54) is 12.1 Å². The van der Waals surface area contributed by atoms with Gasteiger partial charge in [0.05, 0.1) is 21.8 Å². The van der Waals surface area contributed by atoms with Crippen molar-refractivity contribution in [3.8, 4) is 0 Å². The van der Waals surface area contributed by atoms with Crippen molar-refractivity contribution in [2.75, 3.05) is 29.3 Å². The average molecular weight is 514 g/mol. The van der Waals surface area contributed by atoms with E-state index in [1.807, 2.05) is 0 Å². The molecule has 3 aromatic rings. The van der Waals surface area contributed by atoms with Gasteiger partial charge >= 0.3 is 0 Å². The molecule has 1 saturated heterocycles. The summed E-state index contributed by atoms with van der Waals surface area (Å²) in [4.78, 5) is 27.6. The Morgan fingerprint density at radius 1 is 0.833 bits per heavy atom. The second-order valence-corrected chi connectivity index (χ2v) is 10.3. The Morgan fingerprint density at radius 3 is 2.06 bits per heavy atom. The van der Waals surface area contributed by atoms with E-state index in [-0.39, 0.29) is 22.2 Å². The maximum absolute atomic E-state index is 13.5. The molecule has 1 N–H and O–H groups in total. The van der Waals surface area contributed by atoms with Crippen molar-refractivity contribution in [1.29, 1.82) is 0 Å². The predicted octanol–water partition coefficient (Wildman–Crippen LogP) is 4.42. The highest BCUT2D eigenvalue weighted by Gasteiger charge is 2.28. The molecule has 0 aromatic heterocycles. The number of likely N-dealkylation sites (tertiary alicyclic amines) is 1. The van der Waals surface area contributed by atoms with Crippen molar-refractivity contribution < 1.29 is 26.8 Å². The number of hydrogen-bond acceptors (Lipinski definition) is 4. The first-order valence-corrected chi connectivity index (χ1v) is 12.9. The van der Waals surface area contributed by atoms with Gasteiger partial charge in [0.25, 0.3) is 15.9 Å². The van der Waals surface area contributed by atoms with Crippen molar-refractivity contribution in [3.05, 3.63) is 90.0 Å². The molecule has 0 aliphatic carbocycles. The zero-order valence-corrected chi connectivity index (χ0v) is 20.2. The van der Waals surface area contributed by atoms with Gasteiger partial charge in [0.15, 0.2) is 0 Å². The number of carbonyl (C=O) groups is 2. The molecule has 1 fully saturated rings. The summed E-state index contributed by atoms with van der Waals surface area (Å²) < 4.78 is 54.4. The maximum atomic E-state index is 13.5. The largest absolute Gasteiger partial charge is 0.339 e. The highest BCUT2D eigenvalue weighted by molar-refractivity contribution is 7.92. The number of amides is 2. The number of para-hydroxylation sites is 1. The first-order valence-electron chi connectivity index (χ1n) is 11.5. The van der Waals surface area contributed by atoms with E-state index in [4.69, 9.17) is 0 Å². The number of piperidine rings is 1. The molecule has 1 heterocycles. The van der Waals surface area contributed by atoms with Crippen LogP contribution in [0.15, 0.2) is 77.7 Å². The molecule has 0 radical (unpaired) electrons. The standard InChI is InChI=1S/C26H25F2N3O4S/c27-19-8-12-21(13-9-19)31(36(34,35)22-14-10-20(28)11-15-22)18-25(32)29-24-7-3-2-6-23(24)26(33)30-16-4-1-5-17-30/h2-3,6-15H,1,4-5,16-18H2,(H,29,32). The third-order valence-electron chi connectivity index (χ3n) is 5.88. The Kier molecular flexibility index (Phi) is 7.64. The van der Waals surface area contributed by atoms with E-state index >= 15 is 0 Å². The first-order chi connectivity index (χ1) is 17.3. The molecule has 188 valence electrons. The van der Waals surface area contributed by atoms with Crippen LogP contribution in [-0.2, 0) is 14.8 Å². The van der Waals surface area contributed by atoms with Crippen molar-refractivity contribution >= 4 is 33.2 Å². The monoisotopic (exact) mass is 513 g/mol. The summed E-state index contributed by atoms with van der Waals surface area (Å²) in [5.41, 5.74) is 0.618. The summed E-state index contributed by atoms with van der Waals surface area (Å²) in [5, 5.41) is 2.65. The van der Waals surface area contributed by atoms with Gasteiger partial charge in [-0.15, -0.1) is 0 Å². The van der Waals surface area contributed by atoms with Crippen LogP contribution in [-0.4, -0.2) is 44.8 Å². The van der Waals surface area contributed by atoms with Gasteiger partial charge in [-0.2, -0.15) is 0 Å².